The first-order valence-corrected chi connectivity index (χ1v) is 7.53. The molecule has 3 aromatic rings. The summed E-state index contributed by atoms with van der Waals surface area (Å²) in [6.07, 6.45) is 5.76. The molecular formula is C18H14S. The van der Waals surface area contributed by atoms with E-state index in [0.29, 0.717) is 0 Å². The van der Waals surface area contributed by atoms with Gasteiger partial charge in [0.15, 0.2) is 0 Å². The molecule has 1 heteroatoms. The lowest BCUT2D eigenvalue weighted by molar-refractivity contribution is 1.41. The third-order valence-electron chi connectivity index (χ3n) is 3.13. The van der Waals surface area contributed by atoms with E-state index in [1.807, 2.05) is 18.2 Å². The Labute approximate surface area is 116 Å². The lowest BCUT2D eigenvalue weighted by Gasteiger charge is -2.16. The molecular weight excluding hydrogens is 248 g/mol. The van der Waals surface area contributed by atoms with Crippen LogP contribution in [-0.2, 0) is 0 Å². The molecule has 0 amide bonds. The monoisotopic (exact) mass is 262 g/mol. The van der Waals surface area contributed by atoms with Crippen molar-refractivity contribution in [2.24, 2.45) is 0 Å². The van der Waals surface area contributed by atoms with Crippen molar-refractivity contribution < 1.29 is 0 Å². The van der Waals surface area contributed by atoms with E-state index in [9.17, 15) is 0 Å². The number of terminal acetylenes is 1. The Kier molecular flexibility index (Phi) is 3.27. The predicted octanol–water partition coefficient (Wildman–Crippen LogP) is 4.85. The van der Waals surface area contributed by atoms with E-state index in [4.69, 9.17) is 6.42 Å². The van der Waals surface area contributed by atoms with Crippen molar-refractivity contribution >= 4 is 21.7 Å². The zero-order chi connectivity index (χ0) is 13.1. The average molecular weight is 262 g/mol. The van der Waals surface area contributed by atoms with Gasteiger partial charge in [0, 0.05) is 9.79 Å². The highest BCUT2D eigenvalue weighted by molar-refractivity contribution is 8.21. The van der Waals surface area contributed by atoms with Gasteiger partial charge in [-0.15, -0.1) is 17.3 Å². The van der Waals surface area contributed by atoms with Crippen molar-refractivity contribution in [2.45, 2.75) is 9.79 Å². The topological polar surface area (TPSA) is 0 Å². The highest BCUT2D eigenvalue weighted by atomic mass is 32.2. The Bertz CT molecular complexity index is 738. The van der Waals surface area contributed by atoms with Crippen LogP contribution in [-0.4, -0.2) is 0 Å². The maximum absolute atomic E-state index is 5.76. The van der Waals surface area contributed by atoms with Crippen LogP contribution in [0.15, 0.2) is 82.6 Å². The van der Waals surface area contributed by atoms with Crippen molar-refractivity contribution in [1.82, 2.24) is 0 Å². The number of fused-ring (bicyclic) bond motifs is 1. The molecule has 19 heavy (non-hydrogen) atoms. The number of hydrogen-bond acceptors (Lipinski definition) is 0. The summed E-state index contributed by atoms with van der Waals surface area (Å²) < 4.78 is 0. The van der Waals surface area contributed by atoms with Gasteiger partial charge in [-0.3, -0.25) is 0 Å². The lowest BCUT2D eigenvalue weighted by atomic mass is 10.1. The van der Waals surface area contributed by atoms with E-state index in [2.05, 4.69) is 59.8 Å². The average Bonchev–Trinajstić information content (AvgIpc) is 2.49. The van der Waals surface area contributed by atoms with Crippen LogP contribution in [0.2, 0.25) is 0 Å². The van der Waals surface area contributed by atoms with Gasteiger partial charge in [0.2, 0.25) is 0 Å². The van der Waals surface area contributed by atoms with E-state index in [-0.39, 0.29) is 0 Å². The Hall–Kier alpha value is -2.17. The summed E-state index contributed by atoms with van der Waals surface area (Å²) in [5.74, 6) is 0. The maximum atomic E-state index is 5.76. The first-order chi connectivity index (χ1) is 9.38. The maximum Gasteiger partial charge on any atom is 0.00269 e. The van der Waals surface area contributed by atoms with Crippen molar-refractivity contribution in [1.29, 1.82) is 0 Å². The van der Waals surface area contributed by atoms with Crippen LogP contribution in [0.3, 0.4) is 0 Å². The fourth-order valence-electron chi connectivity index (χ4n) is 2.19. The molecule has 0 heterocycles. The summed E-state index contributed by atoms with van der Waals surface area (Å²) in [4.78, 5) is 2.47. The third kappa shape index (κ3) is 2.36. The number of rotatable bonds is 2. The second-order valence-corrected chi connectivity index (χ2v) is 6.29. The zero-order valence-electron chi connectivity index (χ0n) is 10.5. The van der Waals surface area contributed by atoms with Gasteiger partial charge in [-0.1, -0.05) is 53.8 Å². The van der Waals surface area contributed by atoms with Crippen LogP contribution in [0.5, 0.6) is 0 Å². The molecule has 0 aliphatic rings. The second kappa shape index (κ2) is 5.22. The SMILES string of the molecule is C#C[SH](c1ccccc1)c1ccc2ccccc2c1. The molecule has 0 fully saturated rings. The Balaban J connectivity index is 2.10. The second-order valence-electron chi connectivity index (χ2n) is 4.33. The molecule has 0 nitrogen and oxygen atoms in total. The summed E-state index contributed by atoms with van der Waals surface area (Å²) in [6.45, 7) is 0. The standard InChI is InChI=1S/C18H14S/c1-2-19(17-10-4-3-5-11-17)18-13-12-15-8-6-7-9-16(15)14-18/h1,3-14,19H. The van der Waals surface area contributed by atoms with Crippen molar-refractivity contribution in [2.75, 3.05) is 0 Å². The molecule has 0 saturated heterocycles. The number of hydrogen-bond donors (Lipinski definition) is 1. The molecule has 3 aromatic carbocycles. The van der Waals surface area contributed by atoms with Crippen LogP contribution in [0.4, 0.5) is 0 Å². The highest BCUT2D eigenvalue weighted by Crippen LogP contribution is 2.43. The summed E-state index contributed by atoms with van der Waals surface area (Å²) in [7, 11) is -0.694. The minimum Gasteiger partial charge on any atom is -0.135 e. The van der Waals surface area contributed by atoms with Gasteiger partial charge in [0.25, 0.3) is 0 Å². The van der Waals surface area contributed by atoms with Gasteiger partial charge in [0.05, 0.1) is 0 Å². The van der Waals surface area contributed by atoms with Crippen LogP contribution >= 0.6 is 10.9 Å². The molecule has 1 atom stereocenters. The van der Waals surface area contributed by atoms with Crippen molar-refractivity contribution in [3.8, 4) is 11.7 Å². The molecule has 0 aromatic heterocycles. The van der Waals surface area contributed by atoms with E-state index in [1.165, 1.54) is 20.6 Å². The summed E-state index contributed by atoms with van der Waals surface area (Å²) in [5.41, 5.74) is 0. The van der Waals surface area contributed by atoms with Crippen LogP contribution < -0.4 is 0 Å². The Morgan fingerprint density at radius 1 is 0.684 bits per heavy atom. The van der Waals surface area contributed by atoms with E-state index in [1.54, 1.807) is 0 Å². The van der Waals surface area contributed by atoms with Crippen molar-refractivity contribution in [3.63, 3.8) is 0 Å². The van der Waals surface area contributed by atoms with Crippen LogP contribution in [0.1, 0.15) is 0 Å². The molecule has 0 bridgehead atoms. The van der Waals surface area contributed by atoms with E-state index >= 15 is 0 Å². The smallest absolute Gasteiger partial charge is 0.00269 e. The van der Waals surface area contributed by atoms with Gasteiger partial charge < -0.3 is 0 Å². The fraction of sp³-hybridized carbons (Fsp3) is 0. The van der Waals surface area contributed by atoms with Crippen molar-refractivity contribution in [3.05, 3.63) is 72.8 Å². The minimum atomic E-state index is -0.694. The first-order valence-electron chi connectivity index (χ1n) is 6.19. The molecule has 0 radical (unpaired) electrons. The predicted molar refractivity (Wildman–Crippen MR) is 84.7 cm³/mol. The van der Waals surface area contributed by atoms with Gasteiger partial charge >= 0.3 is 0 Å². The third-order valence-corrected chi connectivity index (χ3v) is 5.00. The van der Waals surface area contributed by atoms with Gasteiger partial charge in [-0.25, -0.2) is 0 Å². The molecule has 0 N–H and O–H groups in total. The number of thiol groups is 1. The molecule has 0 aliphatic carbocycles. The van der Waals surface area contributed by atoms with Crippen LogP contribution in [0, 0.1) is 11.7 Å². The highest BCUT2D eigenvalue weighted by Gasteiger charge is 2.07. The van der Waals surface area contributed by atoms with E-state index in [0.717, 1.165) is 0 Å². The Morgan fingerprint density at radius 3 is 2.11 bits per heavy atom. The van der Waals surface area contributed by atoms with Gasteiger partial charge in [-0.2, -0.15) is 0 Å². The first kappa shape index (κ1) is 11.9. The van der Waals surface area contributed by atoms with Gasteiger partial charge in [0.1, 0.15) is 0 Å². The molecule has 0 aliphatic heterocycles. The number of benzene rings is 3. The van der Waals surface area contributed by atoms with Crippen LogP contribution in [0.25, 0.3) is 10.8 Å². The summed E-state index contributed by atoms with van der Waals surface area (Å²) >= 11 is 0. The summed E-state index contributed by atoms with van der Waals surface area (Å²) in [6, 6.07) is 25.2. The summed E-state index contributed by atoms with van der Waals surface area (Å²) in [5, 5.41) is 5.47. The largest absolute Gasteiger partial charge is 0.135 e. The normalized spacial score (nSPS) is 12.9. The molecule has 92 valence electrons. The lowest BCUT2D eigenvalue weighted by Crippen LogP contribution is -1.83. The molecule has 1 unspecified atom stereocenters. The quantitative estimate of drug-likeness (QED) is 0.495. The zero-order valence-corrected chi connectivity index (χ0v) is 11.3. The molecule has 0 saturated carbocycles. The molecule has 3 rings (SSSR count). The molecule has 0 spiro atoms. The Morgan fingerprint density at radius 2 is 1.37 bits per heavy atom. The fourth-order valence-corrected chi connectivity index (χ4v) is 3.75. The van der Waals surface area contributed by atoms with E-state index < -0.39 is 10.9 Å². The minimum absolute atomic E-state index is 0.694. The van der Waals surface area contributed by atoms with Gasteiger partial charge in [-0.05, 0) is 35.0 Å².